The number of carbonyl (C=O) groups is 5. The van der Waals surface area contributed by atoms with Crippen LogP contribution in [0.5, 0.6) is 5.75 Å². The molecule has 0 aliphatic carbocycles. The summed E-state index contributed by atoms with van der Waals surface area (Å²) in [7, 11) is 0. The molecular formula is C24H25F4N3O9S. The first-order chi connectivity index (χ1) is 19.0. The number of aliphatic carboxylic acids is 3. The van der Waals surface area contributed by atoms with Gasteiger partial charge < -0.3 is 31.1 Å². The lowest BCUT2D eigenvalue weighted by Gasteiger charge is -2.18. The first-order valence-corrected chi connectivity index (χ1v) is 12.3. The molecule has 1 aromatic heterocycles. The van der Waals surface area contributed by atoms with Crippen LogP contribution in [0.4, 0.5) is 17.6 Å². The minimum absolute atomic E-state index is 0.143. The number of amidine groups is 1. The zero-order valence-corrected chi connectivity index (χ0v) is 22.0. The van der Waals surface area contributed by atoms with Crippen LogP contribution < -0.4 is 15.8 Å². The normalized spacial score (nSPS) is 12.2. The number of amides is 1. The van der Waals surface area contributed by atoms with E-state index in [4.69, 9.17) is 36.0 Å². The lowest BCUT2D eigenvalue weighted by Crippen LogP contribution is -2.45. The van der Waals surface area contributed by atoms with Gasteiger partial charge in [0.2, 0.25) is 5.91 Å². The summed E-state index contributed by atoms with van der Waals surface area (Å²) in [5.74, 6) is -9.12. The van der Waals surface area contributed by atoms with E-state index in [-0.39, 0.29) is 28.4 Å². The third-order valence-corrected chi connectivity index (χ3v) is 6.09. The van der Waals surface area contributed by atoms with Gasteiger partial charge in [0.05, 0.1) is 6.42 Å². The van der Waals surface area contributed by atoms with E-state index < -0.39 is 60.2 Å². The minimum Gasteiger partial charge on any atom is -0.481 e. The molecule has 12 nitrogen and oxygen atoms in total. The first kappa shape index (κ1) is 34.5. The molecule has 1 aromatic carbocycles. The first-order valence-electron chi connectivity index (χ1n) is 11.5. The molecule has 41 heavy (non-hydrogen) atoms. The van der Waals surface area contributed by atoms with E-state index in [1.54, 1.807) is 6.07 Å². The number of nitrogens with one attached hydrogen (secondary N) is 2. The fourth-order valence-electron chi connectivity index (χ4n) is 3.08. The molecule has 2 atom stereocenters. The third-order valence-electron chi connectivity index (χ3n) is 5.00. The number of halogens is 4. The van der Waals surface area contributed by atoms with Crippen LogP contribution in [0.15, 0.2) is 30.3 Å². The zero-order valence-electron chi connectivity index (χ0n) is 21.2. The third kappa shape index (κ3) is 11.6. The fourth-order valence-corrected chi connectivity index (χ4v) is 4.04. The van der Waals surface area contributed by atoms with Gasteiger partial charge in [-0.2, -0.15) is 13.2 Å². The predicted molar refractivity (Wildman–Crippen MR) is 134 cm³/mol. The van der Waals surface area contributed by atoms with Crippen molar-refractivity contribution >= 4 is 47.0 Å². The van der Waals surface area contributed by atoms with Gasteiger partial charge in [-0.1, -0.05) is 13.3 Å². The van der Waals surface area contributed by atoms with Crippen LogP contribution in [0.3, 0.4) is 0 Å². The van der Waals surface area contributed by atoms with Crippen LogP contribution in [-0.4, -0.2) is 63.2 Å². The molecule has 0 fully saturated rings. The van der Waals surface area contributed by atoms with Crippen molar-refractivity contribution in [3.63, 3.8) is 0 Å². The summed E-state index contributed by atoms with van der Waals surface area (Å²) in [5, 5.41) is 34.7. The van der Waals surface area contributed by atoms with Gasteiger partial charge in [0.15, 0.2) is 11.6 Å². The van der Waals surface area contributed by atoms with Crippen LogP contribution in [0, 0.1) is 17.1 Å². The van der Waals surface area contributed by atoms with E-state index in [0.29, 0.717) is 17.7 Å². The van der Waals surface area contributed by atoms with Gasteiger partial charge in [-0.3, -0.25) is 15.0 Å². The van der Waals surface area contributed by atoms with E-state index in [1.165, 1.54) is 18.2 Å². The van der Waals surface area contributed by atoms with Crippen molar-refractivity contribution in [2.75, 3.05) is 0 Å². The number of carboxylic acid groups (broad SMARTS) is 3. The topological polar surface area (TPSA) is 217 Å². The van der Waals surface area contributed by atoms with Gasteiger partial charge in [0, 0.05) is 16.4 Å². The highest BCUT2D eigenvalue weighted by atomic mass is 32.1. The monoisotopic (exact) mass is 607 g/mol. The smallest absolute Gasteiger partial charge is 0.481 e. The Bertz CT molecular complexity index is 1300. The molecule has 0 unspecified atom stereocenters. The van der Waals surface area contributed by atoms with Crippen molar-refractivity contribution < 1.29 is 61.6 Å². The van der Waals surface area contributed by atoms with Crippen molar-refractivity contribution in [1.29, 1.82) is 5.41 Å². The summed E-state index contributed by atoms with van der Waals surface area (Å²) in [5.41, 5.74) is 5.44. The Balaban J connectivity index is 0.00000106. The molecule has 17 heteroatoms. The molecule has 2 aromatic rings. The van der Waals surface area contributed by atoms with Crippen molar-refractivity contribution in [3.05, 3.63) is 51.5 Å². The number of carboxylic acids is 3. The van der Waals surface area contributed by atoms with Crippen LogP contribution in [-0.2, 0) is 25.6 Å². The molecule has 0 bridgehead atoms. The largest absolute Gasteiger partial charge is 0.490 e. The molecule has 2 rings (SSSR count). The Kier molecular flexibility index (Phi) is 12.9. The van der Waals surface area contributed by atoms with Gasteiger partial charge in [-0.15, -0.1) is 11.3 Å². The molecule has 0 spiro atoms. The standard InChI is InChI=1S/C22H24FN3O7S.C2HF3O2/c1-2-3-12(20(29)26-15(21(30)31)10-18(27)28)8-13-5-7-17(34-13)22(32)33-16-6-4-11(19(24)25)9-14(16)23;3-2(4,5)1(6)7/h4-7,9,12,15H,2-3,8,10H2,1H3,(H3,24,25)(H,26,29)(H,27,28)(H,30,31);(H,6,7)/t12-,15-;/m0./s1. The van der Waals surface area contributed by atoms with Crippen LogP contribution in [0.2, 0.25) is 0 Å². The maximum Gasteiger partial charge on any atom is 0.490 e. The number of nitrogens with two attached hydrogens (primary N) is 1. The second-order valence-electron chi connectivity index (χ2n) is 8.20. The average Bonchev–Trinajstić information content (AvgIpc) is 3.32. The summed E-state index contributed by atoms with van der Waals surface area (Å²) in [6.45, 7) is 1.84. The van der Waals surface area contributed by atoms with E-state index in [9.17, 15) is 36.7 Å². The number of hydrogen-bond donors (Lipinski definition) is 6. The van der Waals surface area contributed by atoms with Crippen LogP contribution in [0.25, 0.3) is 0 Å². The Hall–Kier alpha value is -4.54. The highest BCUT2D eigenvalue weighted by molar-refractivity contribution is 7.13. The number of thiophene rings is 1. The fraction of sp³-hybridized carbons (Fsp3) is 0.333. The molecule has 1 heterocycles. The molecule has 1 amide bonds. The van der Waals surface area contributed by atoms with E-state index in [1.807, 2.05) is 6.92 Å². The number of carbonyl (C=O) groups excluding carboxylic acids is 2. The average molecular weight is 608 g/mol. The summed E-state index contributed by atoms with van der Waals surface area (Å²) >= 11 is 1.04. The maximum absolute atomic E-state index is 14.1. The summed E-state index contributed by atoms with van der Waals surface area (Å²) in [6, 6.07) is 5.04. The van der Waals surface area contributed by atoms with Gasteiger partial charge in [-0.05, 0) is 43.2 Å². The summed E-state index contributed by atoms with van der Waals surface area (Å²) < 4.78 is 50.9. The van der Waals surface area contributed by atoms with Gasteiger partial charge in [0.1, 0.15) is 16.8 Å². The summed E-state index contributed by atoms with van der Waals surface area (Å²) in [4.78, 5) is 56.8. The SMILES string of the molecule is CCC[C@@H](Cc1ccc(C(=O)Oc2ccc(C(=N)N)cc2F)s1)C(=O)N[C@@H](CC(=O)O)C(=O)O.O=C(O)C(F)(F)F. The van der Waals surface area contributed by atoms with Crippen LogP contribution >= 0.6 is 11.3 Å². The molecule has 0 aliphatic rings. The number of ether oxygens (including phenoxy) is 1. The lowest BCUT2D eigenvalue weighted by atomic mass is 9.97. The van der Waals surface area contributed by atoms with Crippen molar-refractivity contribution in [2.24, 2.45) is 11.7 Å². The highest BCUT2D eigenvalue weighted by Gasteiger charge is 2.38. The number of alkyl halides is 3. The molecule has 0 radical (unpaired) electrons. The maximum atomic E-state index is 14.1. The minimum atomic E-state index is -5.08. The highest BCUT2D eigenvalue weighted by Crippen LogP contribution is 2.25. The molecule has 0 saturated carbocycles. The molecule has 0 aliphatic heterocycles. The van der Waals surface area contributed by atoms with Crippen molar-refractivity contribution in [2.45, 2.75) is 44.8 Å². The van der Waals surface area contributed by atoms with Gasteiger partial charge >= 0.3 is 30.1 Å². The molecule has 224 valence electrons. The lowest BCUT2D eigenvalue weighted by molar-refractivity contribution is -0.192. The van der Waals surface area contributed by atoms with E-state index >= 15 is 0 Å². The van der Waals surface area contributed by atoms with E-state index in [2.05, 4.69) is 5.32 Å². The Labute approximate surface area is 233 Å². The van der Waals surface area contributed by atoms with Gasteiger partial charge in [0.25, 0.3) is 0 Å². The van der Waals surface area contributed by atoms with Crippen molar-refractivity contribution in [1.82, 2.24) is 5.32 Å². The Morgan fingerprint density at radius 3 is 2.17 bits per heavy atom. The number of nitrogen functional groups attached to an aromatic ring is 1. The second-order valence-corrected chi connectivity index (χ2v) is 9.37. The van der Waals surface area contributed by atoms with E-state index in [0.717, 1.165) is 17.4 Å². The quantitative estimate of drug-likeness (QED) is 0.0681. The van der Waals surface area contributed by atoms with Crippen molar-refractivity contribution in [3.8, 4) is 5.75 Å². The predicted octanol–water partition coefficient (Wildman–Crippen LogP) is 3.03. The van der Waals surface area contributed by atoms with Gasteiger partial charge in [-0.25, -0.2) is 18.8 Å². The Morgan fingerprint density at radius 2 is 1.71 bits per heavy atom. The number of esters is 1. The number of rotatable bonds is 12. The number of benzene rings is 1. The molecule has 0 saturated heterocycles. The van der Waals surface area contributed by atoms with Crippen LogP contribution in [0.1, 0.15) is 46.3 Å². The zero-order chi connectivity index (χ0) is 31.5. The Morgan fingerprint density at radius 1 is 1.10 bits per heavy atom. The summed E-state index contributed by atoms with van der Waals surface area (Å²) in [6.07, 6.45) is -4.61. The number of hydrogen-bond acceptors (Lipinski definition) is 8. The second kappa shape index (κ2) is 15.3. The molecular weight excluding hydrogens is 582 g/mol. The molecule has 7 N–H and O–H groups in total.